The summed E-state index contributed by atoms with van der Waals surface area (Å²) in [6.07, 6.45) is 0. The number of carboxylic acid groups (broad SMARTS) is 1. The molecule has 2 aromatic rings. The van der Waals surface area contributed by atoms with Crippen molar-refractivity contribution in [2.24, 2.45) is 0 Å². The summed E-state index contributed by atoms with van der Waals surface area (Å²) >= 11 is 4.19. The molecule has 0 saturated carbocycles. The number of carbonyl (C=O) groups is 1. The zero-order valence-corrected chi connectivity index (χ0v) is 14.1. The van der Waals surface area contributed by atoms with Crippen molar-refractivity contribution < 1.29 is 18.3 Å². The van der Waals surface area contributed by atoms with E-state index in [-0.39, 0.29) is 9.77 Å². The van der Waals surface area contributed by atoms with Crippen molar-refractivity contribution in [2.75, 3.05) is 0 Å². The van der Waals surface area contributed by atoms with Gasteiger partial charge in [-0.2, -0.15) is 0 Å². The molecule has 0 saturated heterocycles. The lowest BCUT2D eigenvalue weighted by Gasteiger charge is -2.14. The number of hydrogen-bond acceptors (Lipinski definition) is 4. The summed E-state index contributed by atoms with van der Waals surface area (Å²) in [4.78, 5) is 10.6. The predicted molar refractivity (Wildman–Crippen MR) is 84.2 cm³/mol. The van der Waals surface area contributed by atoms with Gasteiger partial charge in [0.25, 0.3) is 0 Å². The van der Waals surface area contributed by atoms with E-state index in [2.05, 4.69) is 20.7 Å². The van der Waals surface area contributed by atoms with Gasteiger partial charge in [-0.05, 0) is 36.1 Å². The number of thiophene rings is 1. The lowest BCUT2D eigenvalue weighted by molar-refractivity contribution is 0.0698. The number of carboxylic acids is 1. The molecule has 8 heteroatoms. The first-order valence-corrected chi connectivity index (χ1v) is 9.05. The molecular formula is C13H12BrNO4S2. The van der Waals surface area contributed by atoms with Gasteiger partial charge in [-0.15, -0.1) is 11.3 Å². The Morgan fingerprint density at radius 1 is 1.29 bits per heavy atom. The van der Waals surface area contributed by atoms with Crippen LogP contribution in [0.2, 0.25) is 0 Å². The molecule has 1 aromatic heterocycles. The van der Waals surface area contributed by atoms with Crippen LogP contribution in [0, 0.1) is 0 Å². The number of benzene rings is 1. The smallest absolute Gasteiger partial charge is 0.347 e. The van der Waals surface area contributed by atoms with Crippen LogP contribution in [0.3, 0.4) is 0 Å². The maximum Gasteiger partial charge on any atom is 0.347 e. The predicted octanol–water partition coefficient (Wildman–Crippen LogP) is 3.25. The van der Waals surface area contributed by atoms with Crippen molar-refractivity contribution in [2.45, 2.75) is 17.9 Å². The van der Waals surface area contributed by atoms with Crippen LogP contribution in [0.25, 0.3) is 0 Å². The molecule has 2 rings (SSSR count). The summed E-state index contributed by atoms with van der Waals surface area (Å²) in [6, 6.07) is 8.04. The lowest BCUT2D eigenvalue weighted by atomic mass is 10.1. The monoisotopic (exact) mass is 389 g/mol. The number of sulfonamides is 1. The number of halogens is 1. The van der Waals surface area contributed by atoms with Crippen LogP contribution in [-0.2, 0) is 10.0 Å². The van der Waals surface area contributed by atoms with Crippen LogP contribution < -0.4 is 4.72 Å². The largest absolute Gasteiger partial charge is 0.477 e. The van der Waals surface area contributed by atoms with Gasteiger partial charge in [0.2, 0.25) is 10.0 Å². The Morgan fingerprint density at radius 2 is 1.90 bits per heavy atom. The normalized spacial score (nSPS) is 13.0. The number of hydrogen-bond donors (Lipinski definition) is 2. The molecule has 1 unspecified atom stereocenters. The molecule has 1 heterocycles. The molecule has 5 nitrogen and oxygen atoms in total. The minimum absolute atomic E-state index is 0.189. The average molecular weight is 390 g/mol. The summed E-state index contributed by atoms with van der Waals surface area (Å²) < 4.78 is 28.0. The summed E-state index contributed by atoms with van der Waals surface area (Å²) in [7, 11) is -3.88. The third-order valence-electron chi connectivity index (χ3n) is 2.81. The van der Waals surface area contributed by atoms with E-state index in [9.17, 15) is 13.2 Å². The Morgan fingerprint density at radius 3 is 2.48 bits per heavy atom. The van der Waals surface area contributed by atoms with Crippen LogP contribution >= 0.6 is 27.3 Å². The van der Waals surface area contributed by atoms with E-state index in [1.807, 2.05) is 12.1 Å². The first-order valence-electron chi connectivity index (χ1n) is 5.90. The molecule has 2 N–H and O–H groups in total. The minimum atomic E-state index is -3.88. The molecule has 1 aromatic carbocycles. The van der Waals surface area contributed by atoms with Crippen LogP contribution in [0.4, 0.5) is 0 Å². The second kappa shape index (κ2) is 6.27. The quantitative estimate of drug-likeness (QED) is 0.821. The standard InChI is InChI=1S/C13H12BrNO4S2/c1-8(9-2-4-10(14)5-3-9)15-21(18,19)11-6-7-20-12(11)13(16)17/h2-8,15H,1H3,(H,16,17). The van der Waals surface area contributed by atoms with Crippen molar-refractivity contribution in [1.82, 2.24) is 4.72 Å². The fraction of sp³-hybridized carbons (Fsp3) is 0.154. The molecule has 0 spiro atoms. The van der Waals surface area contributed by atoms with Crippen LogP contribution in [0.5, 0.6) is 0 Å². The zero-order valence-electron chi connectivity index (χ0n) is 10.9. The Bertz CT molecular complexity index is 753. The van der Waals surface area contributed by atoms with Gasteiger partial charge in [0.05, 0.1) is 0 Å². The number of aromatic carboxylic acids is 1. The topological polar surface area (TPSA) is 83.5 Å². The van der Waals surface area contributed by atoms with Crippen molar-refractivity contribution in [1.29, 1.82) is 0 Å². The van der Waals surface area contributed by atoms with Gasteiger partial charge in [-0.3, -0.25) is 0 Å². The highest BCUT2D eigenvalue weighted by Gasteiger charge is 2.25. The van der Waals surface area contributed by atoms with E-state index in [1.54, 1.807) is 19.1 Å². The molecule has 0 radical (unpaired) electrons. The highest BCUT2D eigenvalue weighted by molar-refractivity contribution is 9.10. The Labute approximate surface area is 134 Å². The molecule has 1 atom stereocenters. The van der Waals surface area contributed by atoms with Crippen molar-refractivity contribution >= 4 is 43.3 Å². The van der Waals surface area contributed by atoms with Crippen LogP contribution in [-0.4, -0.2) is 19.5 Å². The maximum absolute atomic E-state index is 12.3. The van der Waals surface area contributed by atoms with Gasteiger partial charge >= 0.3 is 5.97 Å². The molecule has 112 valence electrons. The highest BCUT2D eigenvalue weighted by Crippen LogP contribution is 2.24. The first-order chi connectivity index (χ1) is 9.81. The third kappa shape index (κ3) is 3.70. The third-order valence-corrected chi connectivity index (χ3v) is 5.96. The summed E-state index contributed by atoms with van der Waals surface area (Å²) in [6.45, 7) is 1.70. The van der Waals surface area contributed by atoms with E-state index < -0.39 is 22.0 Å². The molecule has 0 fully saturated rings. The zero-order chi connectivity index (χ0) is 15.6. The number of rotatable bonds is 5. The molecule has 0 aliphatic rings. The van der Waals surface area contributed by atoms with Gasteiger partial charge in [0.1, 0.15) is 9.77 Å². The lowest BCUT2D eigenvalue weighted by Crippen LogP contribution is -2.27. The Kier molecular flexibility index (Phi) is 4.82. The van der Waals surface area contributed by atoms with E-state index in [4.69, 9.17) is 5.11 Å². The second-order valence-corrected chi connectivity index (χ2v) is 7.83. The van der Waals surface area contributed by atoms with Crippen molar-refractivity contribution in [3.05, 3.63) is 50.6 Å². The van der Waals surface area contributed by atoms with Crippen LogP contribution in [0.15, 0.2) is 45.1 Å². The van der Waals surface area contributed by atoms with Gasteiger partial charge in [0.15, 0.2) is 0 Å². The van der Waals surface area contributed by atoms with Crippen molar-refractivity contribution in [3.8, 4) is 0 Å². The first kappa shape index (κ1) is 16.2. The van der Waals surface area contributed by atoms with Gasteiger partial charge in [-0.1, -0.05) is 28.1 Å². The molecule has 0 bridgehead atoms. The maximum atomic E-state index is 12.3. The second-order valence-electron chi connectivity index (χ2n) is 4.31. The van der Waals surface area contributed by atoms with E-state index >= 15 is 0 Å². The van der Waals surface area contributed by atoms with Gasteiger partial charge in [-0.25, -0.2) is 17.9 Å². The van der Waals surface area contributed by atoms with E-state index in [0.29, 0.717) is 0 Å². The number of nitrogens with one attached hydrogen (secondary N) is 1. The Balaban J connectivity index is 2.27. The fourth-order valence-corrected chi connectivity index (χ4v) is 4.54. The molecule has 21 heavy (non-hydrogen) atoms. The molecule has 0 aliphatic carbocycles. The van der Waals surface area contributed by atoms with Gasteiger partial charge < -0.3 is 5.11 Å². The molecule has 0 amide bonds. The van der Waals surface area contributed by atoms with Crippen molar-refractivity contribution in [3.63, 3.8) is 0 Å². The van der Waals surface area contributed by atoms with E-state index in [1.165, 1.54) is 11.4 Å². The summed E-state index contributed by atoms with van der Waals surface area (Å²) in [5.74, 6) is -1.25. The Hall–Kier alpha value is -1.22. The average Bonchev–Trinajstić information content (AvgIpc) is 2.89. The molecular weight excluding hydrogens is 378 g/mol. The fourth-order valence-electron chi connectivity index (χ4n) is 1.78. The highest BCUT2D eigenvalue weighted by atomic mass is 79.9. The summed E-state index contributed by atoms with van der Waals surface area (Å²) in [5, 5.41) is 10.5. The molecule has 0 aliphatic heterocycles. The van der Waals surface area contributed by atoms with E-state index in [0.717, 1.165) is 21.4 Å². The van der Waals surface area contributed by atoms with Gasteiger partial charge in [0, 0.05) is 10.5 Å². The summed E-state index contributed by atoms with van der Waals surface area (Å²) in [5.41, 5.74) is 0.786. The van der Waals surface area contributed by atoms with Crippen LogP contribution in [0.1, 0.15) is 28.2 Å². The minimum Gasteiger partial charge on any atom is -0.477 e. The SMILES string of the molecule is CC(NS(=O)(=O)c1ccsc1C(=O)O)c1ccc(Br)cc1.